The first-order valence-electron chi connectivity index (χ1n) is 6.35. The first-order valence-corrected chi connectivity index (χ1v) is 6.35. The Morgan fingerprint density at radius 3 is 2.59 bits per heavy atom. The maximum atomic E-state index is 13.9. The van der Waals surface area contributed by atoms with Crippen LogP contribution in [0.25, 0.3) is 10.9 Å². The molecule has 2 atom stereocenters. The van der Waals surface area contributed by atoms with Crippen LogP contribution in [0.2, 0.25) is 0 Å². The zero-order chi connectivity index (χ0) is 16.2. The van der Waals surface area contributed by atoms with Crippen LogP contribution >= 0.6 is 0 Å². The van der Waals surface area contributed by atoms with Crippen molar-refractivity contribution in [2.24, 2.45) is 0 Å². The van der Waals surface area contributed by atoms with Gasteiger partial charge in [0.25, 0.3) is 0 Å². The Morgan fingerprint density at radius 1 is 1.45 bits per heavy atom. The topological polar surface area (TPSA) is 68.5 Å². The van der Waals surface area contributed by atoms with Crippen molar-refractivity contribution in [1.29, 1.82) is 0 Å². The van der Waals surface area contributed by atoms with E-state index in [0.29, 0.717) is 6.07 Å². The van der Waals surface area contributed by atoms with Crippen molar-refractivity contribution >= 4 is 16.9 Å². The van der Waals surface area contributed by atoms with Gasteiger partial charge in [-0.1, -0.05) is 0 Å². The first-order chi connectivity index (χ1) is 10.4. The van der Waals surface area contributed by atoms with Crippen molar-refractivity contribution in [3.63, 3.8) is 0 Å². The summed E-state index contributed by atoms with van der Waals surface area (Å²) in [6.07, 6.45) is -0.207. The summed E-state index contributed by atoms with van der Waals surface area (Å²) in [5, 5.41) is 8.70. The van der Waals surface area contributed by atoms with E-state index in [0.717, 1.165) is 17.9 Å². The summed E-state index contributed by atoms with van der Waals surface area (Å²) in [5.41, 5.74) is -1.77. The van der Waals surface area contributed by atoms with Crippen LogP contribution in [0.4, 0.5) is 13.2 Å². The van der Waals surface area contributed by atoms with Crippen LogP contribution in [-0.2, 0) is 0 Å². The molecule has 0 radical (unpaired) electrons. The standard InChI is InChI=1S/C14H10F3NO4/c1-22-13-10(17)8(16)2-5-11(13)18(9-3-7(9)15)4-6(12(5)19)14(20)21/h2,4,7,9H,3H2,1H3,(H,20,21)/t7-,9+/m0/s1. The highest BCUT2D eigenvalue weighted by Gasteiger charge is 2.41. The highest BCUT2D eigenvalue weighted by atomic mass is 19.2. The Bertz CT molecular complexity index is 862. The van der Waals surface area contributed by atoms with Crippen molar-refractivity contribution in [2.75, 3.05) is 7.11 Å². The van der Waals surface area contributed by atoms with Crippen LogP contribution in [0, 0.1) is 11.6 Å². The number of pyridine rings is 1. The molecule has 5 nitrogen and oxygen atoms in total. The van der Waals surface area contributed by atoms with Gasteiger partial charge >= 0.3 is 5.97 Å². The van der Waals surface area contributed by atoms with E-state index in [1.54, 1.807) is 0 Å². The zero-order valence-corrected chi connectivity index (χ0v) is 11.3. The van der Waals surface area contributed by atoms with Crippen LogP contribution in [0.3, 0.4) is 0 Å². The highest BCUT2D eigenvalue weighted by Crippen LogP contribution is 2.42. The van der Waals surface area contributed by atoms with Crippen molar-refractivity contribution in [3.05, 3.63) is 39.7 Å². The first kappa shape index (κ1) is 14.4. The number of hydrogen-bond acceptors (Lipinski definition) is 3. The third-order valence-electron chi connectivity index (χ3n) is 3.64. The second-order valence-electron chi connectivity index (χ2n) is 5.01. The number of rotatable bonds is 3. The molecule has 0 bridgehead atoms. The number of hydrogen-bond donors (Lipinski definition) is 1. The highest BCUT2D eigenvalue weighted by molar-refractivity contribution is 5.94. The summed E-state index contributed by atoms with van der Waals surface area (Å²) in [5.74, 6) is -4.74. The molecule has 1 aliphatic carbocycles. The summed E-state index contributed by atoms with van der Waals surface area (Å²) in [7, 11) is 1.08. The largest absolute Gasteiger partial charge is 0.491 e. The summed E-state index contributed by atoms with van der Waals surface area (Å²) >= 11 is 0. The van der Waals surface area contributed by atoms with E-state index < -0.39 is 46.6 Å². The Kier molecular flexibility index (Phi) is 3.12. The predicted octanol–water partition coefficient (Wildman–Crippen LogP) is 2.27. The van der Waals surface area contributed by atoms with E-state index in [2.05, 4.69) is 0 Å². The number of halogens is 3. The van der Waals surface area contributed by atoms with Gasteiger partial charge in [0.15, 0.2) is 11.6 Å². The van der Waals surface area contributed by atoms with Crippen LogP contribution in [-0.4, -0.2) is 28.9 Å². The van der Waals surface area contributed by atoms with E-state index in [4.69, 9.17) is 9.84 Å². The monoisotopic (exact) mass is 313 g/mol. The maximum Gasteiger partial charge on any atom is 0.341 e. The predicted molar refractivity (Wildman–Crippen MR) is 70.2 cm³/mol. The number of carbonyl (C=O) groups is 1. The number of alkyl halides is 1. The second kappa shape index (κ2) is 4.75. The van der Waals surface area contributed by atoms with Gasteiger partial charge in [0, 0.05) is 12.6 Å². The molecule has 1 aromatic heterocycles. The molecule has 3 rings (SSSR count). The minimum atomic E-state index is -1.53. The molecule has 1 heterocycles. The summed E-state index contributed by atoms with van der Waals surface area (Å²) in [6.45, 7) is 0. The Balaban J connectivity index is 2.50. The molecule has 1 fully saturated rings. The van der Waals surface area contributed by atoms with Gasteiger partial charge in [-0.05, 0) is 6.07 Å². The molecular weight excluding hydrogens is 303 g/mol. The molecule has 0 aliphatic heterocycles. The van der Waals surface area contributed by atoms with Gasteiger partial charge < -0.3 is 14.4 Å². The Labute approximate surface area is 121 Å². The van der Waals surface area contributed by atoms with Crippen LogP contribution in [0.1, 0.15) is 22.8 Å². The van der Waals surface area contributed by atoms with Crippen molar-refractivity contribution in [3.8, 4) is 5.75 Å². The lowest BCUT2D eigenvalue weighted by molar-refractivity contribution is 0.0694. The number of fused-ring (bicyclic) bond motifs is 1. The molecule has 1 N–H and O–H groups in total. The van der Waals surface area contributed by atoms with E-state index >= 15 is 0 Å². The van der Waals surface area contributed by atoms with E-state index in [1.807, 2.05) is 0 Å². The van der Waals surface area contributed by atoms with Crippen molar-refractivity contribution in [2.45, 2.75) is 18.6 Å². The van der Waals surface area contributed by atoms with E-state index in [-0.39, 0.29) is 17.3 Å². The SMILES string of the molecule is COc1c(F)c(F)cc2c(=O)c(C(=O)O)cn([C@@H]3C[C@@H]3F)c12. The summed E-state index contributed by atoms with van der Waals surface area (Å²) in [4.78, 5) is 23.3. The second-order valence-corrected chi connectivity index (χ2v) is 5.01. The van der Waals surface area contributed by atoms with Gasteiger partial charge in [0.2, 0.25) is 11.2 Å². The van der Waals surface area contributed by atoms with Crippen molar-refractivity contribution in [1.82, 2.24) is 4.57 Å². The molecule has 22 heavy (non-hydrogen) atoms. The third kappa shape index (κ3) is 1.94. The van der Waals surface area contributed by atoms with Crippen molar-refractivity contribution < 1.29 is 27.8 Å². The summed E-state index contributed by atoms with van der Waals surface area (Å²) < 4.78 is 46.8. The lowest BCUT2D eigenvalue weighted by atomic mass is 10.1. The molecule has 2 aromatic rings. The average molecular weight is 313 g/mol. The van der Waals surface area contributed by atoms with Gasteiger partial charge in [-0.25, -0.2) is 13.6 Å². The molecule has 0 spiro atoms. The molecule has 8 heteroatoms. The number of carboxylic acids is 1. The lowest BCUT2D eigenvalue weighted by Gasteiger charge is -2.15. The fourth-order valence-corrected chi connectivity index (χ4v) is 2.47. The van der Waals surface area contributed by atoms with Gasteiger partial charge in [-0.3, -0.25) is 4.79 Å². The number of aromatic nitrogens is 1. The van der Waals surface area contributed by atoms with Gasteiger partial charge in [-0.15, -0.1) is 0 Å². The molecule has 1 aliphatic rings. The van der Waals surface area contributed by atoms with Gasteiger partial charge in [-0.2, -0.15) is 4.39 Å². The van der Waals surface area contributed by atoms with Crippen LogP contribution in [0.15, 0.2) is 17.1 Å². The Morgan fingerprint density at radius 2 is 2.09 bits per heavy atom. The quantitative estimate of drug-likeness (QED) is 0.944. The van der Waals surface area contributed by atoms with Crippen LogP contribution in [0.5, 0.6) is 5.75 Å². The van der Waals surface area contributed by atoms with Crippen LogP contribution < -0.4 is 10.2 Å². The Hall–Kier alpha value is -2.51. The number of ether oxygens (including phenoxy) is 1. The molecular formula is C14H10F3NO4. The minimum Gasteiger partial charge on any atom is -0.491 e. The smallest absolute Gasteiger partial charge is 0.341 e. The fourth-order valence-electron chi connectivity index (χ4n) is 2.47. The number of methoxy groups -OCH3 is 1. The van der Waals surface area contributed by atoms with Gasteiger partial charge in [0.1, 0.15) is 11.7 Å². The molecule has 116 valence electrons. The van der Waals surface area contributed by atoms with E-state index in [9.17, 15) is 22.8 Å². The molecule has 0 amide bonds. The molecule has 0 unspecified atom stereocenters. The van der Waals surface area contributed by atoms with Gasteiger partial charge in [0.05, 0.1) is 24.1 Å². The molecule has 1 aromatic carbocycles. The molecule has 0 saturated heterocycles. The summed E-state index contributed by atoms with van der Waals surface area (Å²) in [6, 6.07) is -0.131. The number of benzene rings is 1. The fraction of sp³-hybridized carbons (Fsp3) is 0.286. The number of carboxylic acid groups (broad SMARTS) is 1. The zero-order valence-electron chi connectivity index (χ0n) is 11.3. The lowest BCUT2D eigenvalue weighted by Crippen LogP contribution is -2.20. The average Bonchev–Trinajstić information content (AvgIpc) is 3.18. The normalized spacial score (nSPS) is 20.2. The number of nitrogens with zero attached hydrogens (tertiary/aromatic N) is 1. The minimum absolute atomic E-state index is 0.0964. The number of aromatic carboxylic acids is 1. The third-order valence-corrected chi connectivity index (χ3v) is 3.64. The van der Waals surface area contributed by atoms with E-state index in [1.165, 1.54) is 0 Å². The maximum absolute atomic E-state index is 13.9. The molecule has 1 saturated carbocycles.